The minimum atomic E-state index is -0.0189. The molecule has 2 N–H and O–H groups in total. The van der Waals surface area contributed by atoms with Crippen molar-refractivity contribution in [1.82, 2.24) is 10.2 Å². The summed E-state index contributed by atoms with van der Waals surface area (Å²) in [6.07, 6.45) is 4.76. The largest absolute Gasteiger partial charge is 0.349 e. The highest BCUT2D eigenvalue weighted by Crippen LogP contribution is 2.35. The predicted molar refractivity (Wildman–Crippen MR) is 115 cm³/mol. The molecule has 5 nitrogen and oxygen atoms in total. The van der Waals surface area contributed by atoms with E-state index in [4.69, 9.17) is 0 Å². The highest BCUT2D eigenvalue weighted by atomic mass is 16.2. The molecule has 0 aliphatic carbocycles. The number of hydrogen-bond donors (Lipinski definition) is 2. The van der Waals surface area contributed by atoms with Crippen molar-refractivity contribution >= 4 is 17.6 Å². The van der Waals surface area contributed by atoms with Crippen LogP contribution in [0.5, 0.6) is 0 Å². The summed E-state index contributed by atoms with van der Waals surface area (Å²) >= 11 is 0. The van der Waals surface area contributed by atoms with E-state index in [-0.39, 0.29) is 30.1 Å². The molecule has 2 aliphatic heterocycles. The molecule has 2 heterocycles. The average molecular weight is 392 g/mol. The normalized spacial score (nSPS) is 23.4. The quantitative estimate of drug-likeness (QED) is 0.800. The van der Waals surface area contributed by atoms with Crippen LogP contribution in [0.15, 0.2) is 48.5 Å². The molecule has 0 aromatic heterocycles. The van der Waals surface area contributed by atoms with Crippen molar-refractivity contribution in [2.75, 3.05) is 5.32 Å². The standard InChI is InChI=1S/C24H29N3O2/c1-16-7-5-9-18(13-16)23(28)25-19-14-20-10-6-11-21(15-19)27(20)24(29)26-22-12-4-3-8-17(22)2/h3-5,7-9,12-13,19-21H,6,10-11,14-15H2,1-2H3,(H,25,28)(H,26,29)/t19?,20-,21+. The summed E-state index contributed by atoms with van der Waals surface area (Å²) in [4.78, 5) is 27.8. The second-order valence-electron chi connectivity index (χ2n) is 8.40. The molecule has 4 rings (SSSR count). The lowest BCUT2D eigenvalue weighted by molar-refractivity contribution is 0.0577. The monoisotopic (exact) mass is 391 g/mol. The smallest absolute Gasteiger partial charge is 0.322 e. The number of hydrogen-bond acceptors (Lipinski definition) is 2. The summed E-state index contributed by atoms with van der Waals surface area (Å²) in [5, 5.41) is 6.31. The summed E-state index contributed by atoms with van der Waals surface area (Å²) in [6, 6.07) is 16.0. The molecule has 2 saturated heterocycles. The second-order valence-corrected chi connectivity index (χ2v) is 8.40. The molecule has 3 atom stereocenters. The number of urea groups is 1. The topological polar surface area (TPSA) is 61.4 Å². The number of rotatable bonds is 3. The first-order valence-electron chi connectivity index (χ1n) is 10.5. The van der Waals surface area contributed by atoms with Gasteiger partial charge in [-0.2, -0.15) is 0 Å². The van der Waals surface area contributed by atoms with Crippen LogP contribution in [0.25, 0.3) is 0 Å². The number of fused-ring (bicyclic) bond motifs is 2. The number of nitrogens with zero attached hydrogens (tertiary/aromatic N) is 1. The molecule has 2 aliphatic rings. The number of piperidine rings is 2. The molecule has 2 bridgehead atoms. The highest BCUT2D eigenvalue weighted by molar-refractivity contribution is 5.94. The Bertz CT molecular complexity index is 897. The van der Waals surface area contributed by atoms with Crippen molar-refractivity contribution in [3.05, 3.63) is 65.2 Å². The number of carbonyl (C=O) groups excluding carboxylic acids is 2. The van der Waals surface area contributed by atoms with E-state index in [2.05, 4.69) is 10.6 Å². The number of carbonyl (C=O) groups is 2. The molecular weight excluding hydrogens is 362 g/mol. The van der Waals surface area contributed by atoms with Crippen molar-refractivity contribution in [2.45, 2.75) is 64.1 Å². The van der Waals surface area contributed by atoms with Crippen molar-refractivity contribution in [1.29, 1.82) is 0 Å². The second kappa shape index (κ2) is 8.27. The number of aryl methyl sites for hydroxylation is 2. The zero-order valence-corrected chi connectivity index (χ0v) is 17.2. The molecule has 2 aromatic carbocycles. The maximum Gasteiger partial charge on any atom is 0.322 e. The molecule has 3 amide bonds. The van der Waals surface area contributed by atoms with E-state index in [9.17, 15) is 9.59 Å². The van der Waals surface area contributed by atoms with Gasteiger partial charge in [0.2, 0.25) is 0 Å². The Hall–Kier alpha value is -2.82. The van der Waals surface area contributed by atoms with Crippen LogP contribution in [-0.4, -0.2) is 35.0 Å². The third kappa shape index (κ3) is 4.29. The SMILES string of the molecule is Cc1cccc(C(=O)NC2C[C@H]3CCC[C@@H](C2)N3C(=O)Nc2ccccc2C)c1. The summed E-state index contributed by atoms with van der Waals surface area (Å²) in [6.45, 7) is 4.00. The highest BCUT2D eigenvalue weighted by Gasteiger charge is 2.41. The van der Waals surface area contributed by atoms with Crippen LogP contribution in [0, 0.1) is 13.8 Å². The first-order valence-corrected chi connectivity index (χ1v) is 10.5. The van der Waals surface area contributed by atoms with Crippen molar-refractivity contribution in [2.24, 2.45) is 0 Å². The average Bonchev–Trinajstić information content (AvgIpc) is 2.69. The Balaban J connectivity index is 1.43. The third-order valence-corrected chi connectivity index (χ3v) is 6.21. The minimum Gasteiger partial charge on any atom is -0.349 e. The molecule has 5 heteroatoms. The van der Waals surface area contributed by atoms with E-state index >= 15 is 0 Å². The van der Waals surface area contributed by atoms with Gasteiger partial charge in [-0.15, -0.1) is 0 Å². The van der Waals surface area contributed by atoms with Crippen molar-refractivity contribution < 1.29 is 9.59 Å². The predicted octanol–water partition coefficient (Wildman–Crippen LogP) is 4.65. The van der Waals surface area contributed by atoms with Gasteiger partial charge in [0.25, 0.3) is 5.91 Å². The zero-order chi connectivity index (χ0) is 20.4. The van der Waals surface area contributed by atoms with Crippen molar-refractivity contribution in [3.8, 4) is 0 Å². The Kier molecular flexibility index (Phi) is 5.56. The van der Waals surface area contributed by atoms with Crippen LogP contribution in [0.2, 0.25) is 0 Å². The number of amides is 3. The number of nitrogens with one attached hydrogen (secondary N) is 2. The summed E-state index contributed by atoms with van der Waals surface area (Å²) < 4.78 is 0. The van der Waals surface area contributed by atoms with Crippen molar-refractivity contribution in [3.63, 3.8) is 0 Å². The minimum absolute atomic E-state index is 0.0162. The number of para-hydroxylation sites is 1. The third-order valence-electron chi connectivity index (χ3n) is 6.21. The molecule has 1 unspecified atom stereocenters. The molecule has 2 aromatic rings. The molecular formula is C24H29N3O2. The van der Waals surface area contributed by atoms with E-state index in [1.165, 1.54) is 0 Å². The number of benzene rings is 2. The maximum absolute atomic E-state index is 13.0. The zero-order valence-electron chi connectivity index (χ0n) is 17.2. The Labute approximate surface area is 172 Å². The van der Waals surface area contributed by atoms with Crippen LogP contribution in [-0.2, 0) is 0 Å². The van der Waals surface area contributed by atoms with Gasteiger partial charge in [-0.3, -0.25) is 4.79 Å². The van der Waals surface area contributed by atoms with Crippen LogP contribution in [0.4, 0.5) is 10.5 Å². The van der Waals surface area contributed by atoms with Gasteiger partial charge in [-0.1, -0.05) is 35.9 Å². The molecule has 152 valence electrons. The van der Waals surface area contributed by atoms with E-state index in [1.54, 1.807) is 0 Å². The number of anilines is 1. The maximum atomic E-state index is 13.0. The van der Waals surface area contributed by atoms with E-state index in [0.29, 0.717) is 5.56 Å². The lowest BCUT2D eigenvalue weighted by Crippen LogP contribution is -2.59. The van der Waals surface area contributed by atoms with Crippen LogP contribution in [0.1, 0.15) is 53.6 Å². The first kappa shape index (κ1) is 19.5. The molecule has 29 heavy (non-hydrogen) atoms. The first-order chi connectivity index (χ1) is 14.0. The van der Waals surface area contributed by atoms with Crippen LogP contribution < -0.4 is 10.6 Å². The van der Waals surface area contributed by atoms with E-state index < -0.39 is 0 Å². The molecule has 0 radical (unpaired) electrons. The van der Waals surface area contributed by atoms with Gasteiger partial charge in [0.15, 0.2) is 0 Å². The molecule has 0 spiro atoms. The van der Waals surface area contributed by atoms with Gasteiger partial charge in [0.05, 0.1) is 0 Å². The summed E-state index contributed by atoms with van der Waals surface area (Å²) in [5.74, 6) is -0.0189. The summed E-state index contributed by atoms with van der Waals surface area (Å²) in [5.41, 5.74) is 3.71. The Morgan fingerprint density at radius 1 is 0.966 bits per heavy atom. The fourth-order valence-corrected chi connectivity index (χ4v) is 4.78. The van der Waals surface area contributed by atoms with Gasteiger partial charge >= 0.3 is 6.03 Å². The van der Waals surface area contributed by atoms with Gasteiger partial charge < -0.3 is 15.5 Å². The molecule has 2 fully saturated rings. The van der Waals surface area contributed by atoms with E-state index in [1.807, 2.05) is 67.3 Å². The Morgan fingerprint density at radius 2 is 1.69 bits per heavy atom. The Morgan fingerprint density at radius 3 is 2.38 bits per heavy atom. The van der Waals surface area contributed by atoms with Crippen LogP contribution >= 0.6 is 0 Å². The van der Waals surface area contributed by atoms with E-state index in [0.717, 1.165) is 48.9 Å². The van der Waals surface area contributed by atoms with Gasteiger partial charge in [0.1, 0.15) is 0 Å². The fourth-order valence-electron chi connectivity index (χ4n) is 4.78. The fraction of sp³-hybridized carbons (Fsp3) is 0.417. The van der Waals surface area contributed by atoms with Gasteiger partial charge in [-0.25, -0.2) is 4.79 Å². The van der Waals surface area contributed by atoms with Crippen LogP contribution in [0.3, 0.4) is 0 Å². The van der Waals surface area contributed by atoms with Gasteiger partial charge in [0, 0.05) is 29.4 Å². The van der Waals surface area contributed by atoms with Gasteiger partial charge in [-0.05, 0) is 69.7 Å². The summed E-state index contributed by atoms with van der Waals surface area (Å²) in [7, 11) is 0. The lowest BCUT2D eigenvalue weighted by Gasteiger charge is -2.48. The molecule has 0 saturated carbocycles. The lowest BCUT2D eigenvalue weighted by atomic mass is 9.82.